The highest BCUT2D eigenvalue weighted by Crippen LogP contribution is 2.42. The van der Waals surface area contributed by atoms with Crippen molar-refractivity contribution in [2.45, 2.75) is 30.2 Å². The zero-order valence-electron chi connectivity index (χ0n) is 24.6. The fourth-order valence-electron chi connectivity index (χ4n) is 5.30. The Bertz CT molecular complexity index is 1640. The van der Waals surface area contributed by atoms with Crippen molar-refractivity contribution >= 4 is 16.6 Å². The first-order chi connectivity index (χ1) is 21.8. The quantitative estimate of drug-likeness (QED) is 0.106. The van der Waals surface area contributed by atoms with Crippen LogP contribution in [0.4, 0.5) is 5.69 Å². The van der Waals surface area contributed by atoms with Crippen molar-refractivity contribution in [3.8, 4) is 11.5 Å². The Morgan fingerprint density at radius 2 is 1.38 bits per heavy atom. The second-order valence-electron chi connectivity index (χ2n) is 10.4. The third-order valence-electron chi connectivity index (χ3n) is 7.72. The van der Waals surface area contributed by atoms with E-state index in [1.54, 1.807) is 32.5 Å². The average Bonchev–Trinajstić information content (AvgIpc) is 3.65. The van der Waals surface area contributed by atoms with Gasteiger partial charge in [0.2, 0.25) is 0 Å². The molecule has 0 saturated carbocycles. The summed E-state index contributed by atoms with van der Waals surface area (Å²) in [5.74, 6) is 1.41. The standard InChI is InChI=1S/C26H28O7.C8H6N2O2/c1-30-20-12-8-18(9-13-20)26(17-6-4-3-5-7-17,19-10-14-21(31-2)15-11-19)32-16-22-23(27)24(28)25(29)33-22;11-10(12)7-1-2-8-6(5-7)3-4-9-8/h3-15,22-25,27-29H,16H2,1-2H3;1-5,9H/t22-,23-,24-,25-;/m1./s1. The van der Waals surface area contributed by atoms with Crippen molar-refractivity contribution in [2.75, 3.05) is 20.8 Å². The first-order valence-corrected chi connectivity index (χ1v) is 14.2. The number of benzene rings is 4. The number of aliphatic hydroxyl groups excluding tert-OH is 3. The van der Waals surface area contributed by atoms with Crippen LogP contribution >= 0.6 is 0 Å². The minimum atomic E-state index is -1.47. The Balaban J connectivity index is 0.000000277. The topological polar surface area (TPSA) is 157 Å². The van der Waals surface area contributed by atoms with E-state index in [9.17, 15) is 25.4 Å². The molecular weight excluding hydrogens is 580 g/mol. The van der Waals surface area contributed by atoms with Gasteiger partial charge >= 0.3 is 0 Å². The predicted octanol–water partition coefficient (Wildman–Crippen LogP) is 4.53. The van der Waals surface area contributed by atoms with E-state index in [0.717, 1.165) is 27.6 Å². The molecule has 11 heteroatoms. The largest absolute Gasteiger partial charge is 0.497 e. The number of nitro benzene ring substituents is 1. The molecule has 0 spiro atoms. The van der Waals surface area contributed by atoms with Gasteiger partial charge in [-0.15, -0.1) is 0 Å². The summed E-state index contributed by atoms with van der Waals surface area (Å²) in [6, 6.07) is 31.4. The number of methoxy groups -OCH3 is 2. The van der Waals surface area contributed by atoms with E-state index in [2.05, 4.69) is 4.98 Å². The maximum atomic E-state index is 10.4. The number of fused-ring (bicyclic) bond motifs is 1. The number of ether oxygens (including phenoxy) is 4. The second-order valence-corrected chi connectivity index (χ2v) is 10.4. The highest BCUT2D eigenvalue weighted by Gasteiger charge is 2.45. The number of non-ortho nitro benzene ring substituents is 1. The molecule has 0 aliphatic carbocycles. The van der Waals surface area contributed by atoms with Crippen LogP contribution in [0.25, 0.3) is 10.9 Å². The fraction of sp³-hybridized carbons (Fsp3) is 0.235. The monoisotopic (exact) mass is 614 g/mol. The molecule has 0 radical (unpaired) electrons. The van der Waals surface area contributed by atoms with Crippen LogP contribution in [0.3, 0.4) is 0 Å². The molecule has 1 saturated heterocycles. The molecule has 0 unspecified atom stereocenters. The summed E-state index contributed by atoms with van der Waals surface area (Å²) in [6.45, 7) is -0.0811. The summed E-state index contributed by atoms with van der Waals surface area (Å²) >= 11 is 0. The molecule has 234 valence electrons. The van der Waals surface area contributed by atoms with Crippen molar-refractivity contribution in [3.63, 3.8) is 0 Å². The molecule has 2 heterocycles. The SMILES string of the molecule is COc1ccc(C(OC[C@H]2O[C@@H](O)[C@H](O)[C@@H]2O)(c2ccccc2)c2ccc(OC)cc2)cc1.O=[N+]([O-])c1ccc2[nH]ccc2c1. The number of nitro groups is 1. The van der Waals surface area contributed by atoms with Gasteiger partial charge in [0.05, 0.1) is 25.7 Å². The normalized spacial score (nSPS) is 19.5. The van der Waals surface area contributed by atoms with Gasteiger partial charge in [0.15, 0.2) is 6.29 Å². The van der Waals surface area contributed by atoms with Gasteiger partial charge in [0.25, 0.3) is 5.69 Å². The average molecular weight is 615 g/mol. The molecule has 5 aromatic rings. The Labute approximate surface area is 259 Å². The van der Waals surface area contributed by atoms with Gasteiger partial charge < -0.3 is 39.3 Å². The van der Waals surface area contributed by atoms with Gasteiger partial charge in [0, 0.05) is 29.2 Å². The number of aromatic amines is 1. The van der Waals surface area contributed by atoms with Crippen LogP contribution in [0, 0.1) is 10.1 Å². The number of nitrogens with zero attached hydrogens (tertiary/aromatic N) is 1. The zero-order valence-corrected chi connectivity index (χ0v) is 24.6. The number of H-pyrrole nitrogens is 1. The van der Waals surface area contributed by atoms with Gasteiger partial charge in [-0.1, -0.05) is 54.6 Å². The van der Waals surface area contributed by atoms with E-state index in [4.69, 9.17) is 18.9 Å². The van der Waals surface area contributed by atoms with Crippen molar-refractivity contribution in [3.05, 3.63) is 136 Å². The molecule has 6 rings (SSSR count). The van der Waals surface area contributed by atoms with Gasteiger partial charge in [0.1, 0.15) is 35.4 Å². The summed E-state index contributed by atoms with van der Waals surface area (Å²) in [4.78, 5) is 12.9. The maximum absolute atomic E-state index is 10.4. The van der Waals surface area contributed by atoms with E-state index >= 15 is 0 Å². The molecule has 1 aliphatic heterocycles. The highest BCUT2D eigenvalue weighted by atomic mass is 16.7. The van der Waals surface area contributed by atoms with Crippen LogP contribution in [0.15, 0.2) is 109 Å². The third kappa shape index (κ3) is 6.68. The molecule has 0 bridgehead atoms. The summed E-state index contributed by atoms with van der Waals surface area (Å²) in [5, 5.41) is 41.3. The highest BCUT2D eigenvalue weighted by molar-refractivity contribution is 5.81. The maximum Gasteiger partial charge on any atom is 0.270 e. The van der Waals surface area contributed by atoms with E-state index in [1.165, 1.54) is 6.07 Å². The van der Waals surface area contributed by atoms with E-state index in [-0.39, 0.29) is 12.3 Å². The number of hydrogen-bond donors (Lipinski definition) is 4. The lowest BCUT2D eigenvalue weighted by molar-refractivity contribution is -0.384. The van der Waals surface area contributed by atoms with Crippen LogP contribution in [-0.2, 0) is 15.1 Å². The molecule has 4 N–H and O–H groups in total. The van der Waals surface area contributed by atoms with Gasteiger partial charge in [-0.2, -0.15) is 0 Å². The lowest BCUT2D eigenvalue weighted by Gasteiger charge is -2.37. The predicted molar refractivity (Wildman–Crippen MR) is 166 cm³/mol. The number of hydrogen-bond acceptors (Lipinski definition) is 9. The minimum absolute atomic E-state index is 0.0811. The molecule has 11 nitrogen and oxygen atoms in total. The molecule has 0 amide bonds. The van der Waals surface area contributed by atoms with Crippen LogP contribution in [0.1, 0.15) is 16.7 Å². The molecule has 1 aromatic heterocycles. The second kappa shape index (κ2) is 13.9. The Morgan fingerprint density at radius 3 is 1.89 bits per heavy atom. The zero-order chi connectivity index (χ0) is 32.0. The van der Waals surface area contributed by atoms with Crippen molar-refractivity contribution in [1.29, 1.82) is 0 Å². The summed E-state index contributed by atoms with van der Waals surface area (Å²) < 4.78 is 22.6. The minimum Gasteiger partial charge on any atom is -0.497 e. The molecule has 1 aliphatic rings. The van der Waals surface area contributed by atoms with Crippen LogP contribution in [-0.4, -0.2) is 70.7 Å². The fourth-order valence-corrected chi connectivity index (χ4v) is 5.30. The van der Waals surface area contributed by atoms with Crippen LogP contribution in [0.2, 0.25) is 0 Å². The number of aliphatic hydroxyl groups is 3. The summed E-state index contributed by atoms with van der Waals surface area (Å²) in [7, 11) is 3.21. The molecule has 4 atom stereocenters. The first kappa shape index (κ1) is 31.6. The summed E-state index contributed by atoms with van der Waals surface area (Å²) in [6.07, 6.45) is -3.29. The van der Waals surface area contributed by atoms with Crippen LogP contribution in [0.5, 0.6) is 11.5 Å². The van der Waals surface area contributed by atoms with Crippen LogP contribution < -0.4 is 9.47 Å². The Morgan fingerprint density at radius 1 is 0.800 bits per heavy atom. The number of aromatic nitrogens is 1. The molecule has 45 heavy (non-hydrogen) atoms. The summed E-state index contributed by atoms with van der Waals surface area (Å²) in [5.41, 5.74) is 2.47. The van der Waals surface area contributed by atoms with Crippen molar-refractivity contribution < 1.29 is 39.2 Å². The van der Waals surface area contributed by atoms with E-state index in [1.807, 2.05) is 84.9 Å². The first-order valence-electron chi connectivity index (χ1n) is 14.2. The Hall–Kier alpha value is -4.78. The van der Waals surface area contributed by atoms with Crippen molar-refractivity contribution in [1.82, 2.24) is 4.98 Å². The molecular formula is C34H34N2O9. The molecule has 4 aromatic carbocycles. The number of rotatable bonds is 9. The molecule has 1 fully saturated rings. The van der Waals surface area contributed by atoms with Gasteiger partial charge in [-0.3, -0.25) is 10.1 Å². The van der Waals surface area contributed by atoms with E-state index < -0.39 is 35.1 Å². The Kier molecular flexibility index (Phi) is 9.77. The smallest absolute Gasteiger partial charge is 0.270 e. The van der Waals surface area contributed by atoms with E-state index in [0.29, 0.717) is 11.5 Å². The number of nitrogens with one attached hydrogen (secondary N) is 1. The lowest BCUT2D eigenvalue weighted by Crippen LogP contribution is -2.39. The van der Waals surface area contributed by atoms with Gasteiger partial charge in [-0.05, 0) is 53.1 Å². The van der Waals surface area contributed by atoms with Gasteiger partial charge in [-0.25, -0.2) is 0 Å². The van der Waals surface area contributed by atoms with Crippen molar-refractivity contribution in [2.24, 2.45) is 0 Å². The third-order valence-corrected chi connectivity index (χ3v) is 7.72. The lowest BCUT2D eigenvalue weighted by atomic mass is 9.80.